The van der Waals surface area contributed by atoms with Crippen molar-refractivity contribution >= 4 is 15.9 Å². The lowest BCUT2D eigenvalue weighted by Crippen LogP contribution is -2.30. The molecule has 1 aromatic rings. The molecule has 0 aromatic heterocycles. The van der Waals surface area contributed by atoms with E-state index in [1.807, 2.05) is 0 Å². The molecule has 1 aliphatic heterocycles. The van der Waals surface area contributed by atoms with E-state index in [-0.39, 0.29) is 0 Å². The molecular formula is C16H24BrNO. The van der Waals surface area contributed by atoms with Gasteiger partial charge in [-0.3, -0.25) is 0 Å². The Morgan fingerprint density at radius 1 is 1.42 bits per heavy atom. The van der Waals surface area contributed by atoms with Gasteiger partial charge in [0.05, 0.1) is 7.11 Å². The second-order valence-electron chi connectivity index (χ2n) is 5.76. The van der Waals surface area contributed by atoms with E-state index in [0.717, 1.165) is 24.6 Å². The third kappa shape index (κ3) is 3.73. The first-order valence-electron chi connectivity index (χ1n) is 7.18. The van der Waals surface area contributed by atoms with E-state index in [4.69, 9.17) is 4.74 Å². The highest BCUT2D eigenvalue weighted by Crippen LogP contribution is 2.35. The van der Waals surface area contributed by atoms with Crippen molar-refractivity contribution in [2.45, 2.75) is 39.0 Å². The molecule has 1 atom stereocenters. The van der Waals surface area contributed by atoms with Crippen LogP contribution in [0.25, 0.3) is 0 Å². The molecule has 0 aliphatic carbocycles. The summed E-state index contributed by atoms with van der Waals surface area (Å²) in [6.45, 7) is 6.72. The van der Waals surface area contributed by atoms with Crippen LogP contribution in [-0.4, -0.2) is 20.2 Å². The third-order valence-electron chi connectivity index (χ3n) is 3.87. The molecule has 2 nitrogen and oxygen atoms in total. The van der Waals surface area contributed by atoms with Crippen LogP contribution >= 0.6 is 15.9 Å². The molecular weight excluding hydrogens is 302 g/mol. The topological polar surface area (TPSA) is 21.3 Å². The SMILES string of the molecule is COc1cc(CC2CCCNC2)cc(Br)c1C(C)C. The highest BCUT2D eigenvalue weighted by molar-refractivity contribution is 9.10. The molecule has 2 rings (SSSR count). The molecule has 106 valence electrons. The lowest BCUT2D eigenvalue weighted by Gasteiger charge is -2.23. The predicted molar refractivity (Wildman–Crippen MR) is 84.1 cm³/mol. The Hall–Kier alpha value is -0.540. The maximum Gasteiger partial charge on any atom is 0.123 e. The monoisotopic (exact) mass is 325 g/mol. The maximum atomic E-state index is 5.57. The largest absolute Gasteiger partial charge is 0.496 e. The predicted octanol–water partition coefficient (Wildman–Crippen LogP) is 4.12. The van der Waals surface area contributed by atoms with Gasteiger partial charge in [-0.2, -0.15) is 0 Å². The van der Waals surface area contributed by atoms with E-state index in [1.54, 1.807) is 7.11 Å². The van der Waals surface area contributed by atoms with Gasteiger partial charge >= 0.3 is 0 Å². The summed E-state index contributed by atoms with van der Waals surface area (Å²) in [5, 5.41) is 3.48. The lowest BCUT2D eigenvalue weighted by molar-refractivity contribution is 0.374. The first-order valence-corrected chi connectivity index (χ1v) is 7.98. The van der Waals surface area contributed by atoms with Gasteiger partial charge < -0.3 is 10.1 Å². The van der Waals surface area contributed by atoms with E-state index in [9.17, 15) is 0 Å². The van der Waals surface area contributed by atoms with Crippen molar-refractivity contribution in [2.75, 3.05) is 20.2 Å². The minimum Gasteiger partial charge on any atom is -0.496 e. The fraction of sp³-hybridized carbons (Fsp3) is 0.625. The van der Waals surface area contributed by atoms with Gasteiger partial charge in [0, 0.05) is 10.0 Å². The van der Waals surface area contributed by atoms with Crippen LogP contribution in [0.1, 0.15) is 43.7 Å². The van der Waals surface area contributed by atoms with E-state index in [2.05, 4.69) is 47.2 Å². The van der Waals surface area contributed by atoms with E-state index in [0.29, 0.717) is 5.92 Å². The van der Waals surface area contributed by atoms with Gasteiger partial charge in [0.25, 0.3) is 0 Å². The van der Waals surface area contributed by atoms with Crippen LogP contribution < -0.4 is 10.1 Å². The number of piperidine rings is 1. The Balaban J connectivity index is 2.19. The van der Waals surface area contributed by atoms with Crippen molar-refractivity contribution < 1.29 is 4.74 Å². The van der Waals surface area contributed by atoms with Crippen molar-refractivity contribution in [3.8, 4) is 5.75 Å². The zero-order valence-corrected chi connectivity index (χ0v) is 13.7. The Morgan fingerprint density at radius 3 is 2.79 bits per heavy atom. The molecule has 1 saturated heterocycles. The zero-order valence-electron chi connectivity index (χ0n) is 12.1. The van der Waals surface area contributed by atoms with Crippen LogP contribution in [0.2, 0.25) is 0 Å². The molecule has 0 saturated carbocycles. The zero-order chi connectivity index (χ0) is 13.8. The lowest BCUT2D eigenvalue weighted by atomic mass is 9.91. The van der Waals surface area contributed by atoms with E-state index >= 15 is 0 Å². The van der Waals surface area contributed by atoms with Crippen LogP contribution in [0.3, 0.4) is 0 Å². The van der Waals surface area contributed by atoms with Gasteiger partial charge in [0.1, 0.15) is 5.75 Å². The van der Waals surface area contributed by atoms with Crippen molar-refractivity contribution in [3.63, 3.8) is 0 Å². The molecule has 1 N–H and O–H groups in total. The number of hydrogen-bond donors (Lipinski definition) is 1. The number of methoxy groups -OCH3 is 1. The molecule has 19 heavy (non-hydrogen) atoms. The number of benzene rings is 1. The van der Waals surface area contributed by atoms with Gasteiger partial charge in [0.2, 0.25) is 0 Å². The number of halogens is 1. The molecule has 1 aromatic carbocycles. The first kappa shape index (κ1) is 14.9. The fourth-order valence-electron chi connectivity index (χ4n) is 2.92. The number of rotatable bonds is 4. The normalized spacial score (nSPS) is 19.7. The van der Waals surface area contributed by atoms with E-state index in [1.165, 1.54) is 35.0 Å². The molecule has 1 heterocycles. The number of ether oxygens (including phenoxy) is 1. The van der Waals surface area contributed by atoms with Gasteiger partial charge in [-0.25, -0.2) is 0 Å². The molecule has 1 unspecified atom stereocenters. The summed E-state index contributed by atoms with van der Waals surface area (Å²) in [4.78, 5) is 0. The number of nitrogens with one attached hydrogen (secondary N) is 1. The molecule has 1 aliphatic rings. The van der Waals surface area contributed by atoms with Crippen molar-refractivity contribution in [1.29, 1.82) is 0 Å². The smallest absolute Gasteiger partial charge is 0.123 e. The Kier molecular flexibility index (Phi) is 5.28. The second-order valence-corrected chi connectivity index (χ2v) is 6.62. The highest BCUT2D eigenvalue weighted by atomic mass is 79.9. The third-order valence-corrected chi connectivity index (χ3v) is 4.53. The minimum absolute atomic E-state index is 0.467. The van der Waals surface area contributed by atoms with Crippen molar-refractivity contribution in [3.05, 3.63) is 27.7 Å². The van der Waals surface area contributed by atoms with Crippen molar-refractivity contribution in [1.82, 2.24) is 5.32 Å². The maximum absolute atomic E-state index is 5.57. The standard InChI is InChI=1S/C16H24BrNO/c1-11(2)16-14(17)8-13(9-15(16)19-3)7-12-5-4-6-18-10-12/h8-9,11-12,18H,4-7,10H2,1-3H3. The summed E-state index contributed by atoms with van der Waals surface area (Å²) in [6.07, 6.45) is 3.77. The first-order chi connectivity index (χ1) is 9.11. The quantitative estimate of drug-likeness (QED) is 0.898. The van der Waals surface area contributed by atoms with Gasteiger partial charge in [-0.15, -0.1) is 0 Å². The van der Waals surface area contributed by atoms with Crippen LogP contribution in [0.4, 0.5) is 0 Å². The Bertz CT molecular complexity index is 425. The summed E-state index contributed by atoms with van der Waals surface area (Å²) in [7, 11) is 1.76. The van der Waals surface area contributed by atoms with Gasteiger partial charge in [0.15, 0.2) is 0 Å². The van der Waals surface area contributed by atoms with Crippen LogP contribution in [-0.2, 0) is 6.42 Å². The summed E-state index contributed by atoms with van der Waals surface area (Å²) >= 11 is 3.71. The highest BCUT2D eigenvalue weighted by Gasteiger charge is 2.17. The van der Waals surface area contributed by atoms with Crippen LogP contribution in [0.15, 0.2) is 16.6 Å². The fourth-order valence-corrected chi connectivity index (χ4v) is 3.87. The molecule has 3 heteroatoms. The summed E-state index contributed by atoms with van der Waals surface area (Å²) in [5.41, 5.74) is 2.65. The molecule has 0 amide bonds. The van der Waals surface area contributed by atoms with Crippen LogP contribution in [0, 0.1) is 5.92 Å². The van der Waals surface area contributed by atoms with E-state index < -0.39 is 0 Å². The Labute approximate surface area is 125 Å². The second kappa shape index (κ2) is 6.76. The molecule has 0 radical (unpaired) electrons. The average molecular weight is 326 g/mol. The van der Waals surface area contributed by atoms with Gasteiger partial charge in [-0.1, -0.05) is 29.8 Å². The minimum atomic E-state index is 0.467. The molecule has 1 fully saturated rings. The van der Waals surface area contributed by atoms with Crippen LogP contribution in [0.5, 0.6) is 5.75 Å². The summed E-state index contributed by atoms with van der Waals surface area (Å²) in [5.74, 6) is 2.24. The molecule has 0 bridgehead atoms. The average Bonchev–Trinajstić information content (AvgIpc) is 2.38. The van der Waals surface area contributed by atoms with Gasteiger partial charge in [-0.05, 0) is 61.9 Å². The molecule has 0 spiro atoms. The summed E-state index contributed by atoms with van der Waals surface area (Å²) < 4.78 is 6.75. The summed E-state index contributed by atoms with van der Waals surface area (Å²) in [6, 6.07) is 4.49. The number of hydrogen-bond acceptors (Lipinski definition) is 2. The Morgan fingerprint density at radius 2 is 2.21 bits per heavy atom. The van der Waals surface area contributed by atoms with Crippen molar-refractivity contribution in [2.24, 2.45) is 5.92 Å².